The fourth-order valence-electron chi connectivity index (χ4n) is 2.09. The van der Waals surface area contributed by atoms with Crippen LogP contribution < -0.4 is 5.48 Å². The van der Waals surface area contributed by atoms with Crippen molar-refractivity contribution in [3.8, 4) is 0 Å². The molecule has 0 aromatic carbocycles. The van der Waals surface area contributed by atoms with Gasteiger partial charge in [0, 0.05) is 33.1 Å². The van der Waals surface area contributed by atoms with Gasteiger partial charge in [-0.3, -0.25) is 0 Å². The Hall–Kier alpha value is -0.200. The van der Waals surface area contributed by atoms with Gasteiger partial charge in [-0.05, 0) is 19.8 Å². The summed E-state index contributed by atoms with van der Waals surface area (Å²) < 4.78 is 10.9. The van der Waals surface area contributed by atoms with E-state index in [1.54, 1.807) is 7.11 Å². The Kier molecular flexibility index (Phi) is 4.48. The van der Waals surface area contributed by atoms with Crippen molar-refractivity contribution in [2.45, 2.75) is 44.0 Å². The molecule has 0 bridgehead atoms. The van der Waals surface area contributed by atoms with Gasteiger partial charge >= 0.3 is 0 Å². The molecule has 0 saturated heterocycles. The first-order valence-electron chi connectivity index (χ1n) is 5.38. The van der Waals surface area contributed by atoms with Crippen molar-refractivity contribution in [3.63, 3.8) is 0 Å². The predicted molar refractivity (Wildman–Crippen MR) is 54.6 cm³/mol. The Morgan fingerprint density at radius 1 is 1.27 bits per heavy atom. The van der Waals surface area contributed by atoms with Gasteiger partial charge in [0.2, 0.25) is 0 Å². The number of ether oxygens (including phenoxy) is 2. The van der Waals surface area contributed by atoms with Gasteiger partial charge in [0.1, 0.15) is 0 Å². The number of hydroxylamine groups is 1. The Labute approximate surface area is 90.3 Å². The zero-order valence-corrected chi connectivity index (χ0v) is 9.45. The zero-order chi connectivity index (χ0) is 11.4. The van der Waals surface area contributed by atoms with Gasteiger partial charge in [0.25, 0.3) is 0 Å². The van der Waals surface area contributed by atoms with E-state index in [1.807, 2.05) is 12.4 Å². The molecule has 15 heavy (non-hydrogen) atoms. The number of aliphatic hydroxyl groups is 1. The number of hydrogen-bond acceptors (Lipinski definition) is 5. The van der Waals surface area contributed by atoms with E-state index in [4.69, 9.17) is 14.7 Å². The van der Waals surface area contributed by atoms with Gasteiger partial charge in [0.15, 0.2) is 5.79 Å². The van der Waals surface area contributed by atoms with Crippen molar-refractivity contribution in [1.29, 1.82) is 0 Å². The molecule has 1 fully saturated rings. The third-order valence-electron chi connectivity index (χ3n) is 3.13. The maximum absolute atomic E-state index is 10.0. The van der Waals surface area contributed by atoms with Gasteiger partial charge in [-0.1, -0.05) is 0 Å². The Balaban J connectivity index is 2.52. The van der Waals surface area contributed by atoms with Crippen LogP contribution in [0.2, 0.25) is 0 Å². The monoisotopic (exact) mass is 219 g/mol. The van der Waals surface area contributed by atoms with Crippen LogP contribution >= 0.6 is 0 Å². The molecular formula is C10H21NO4. The summed E-state index contributed by atoms with van der Waals surface area (Å²) in [6, 6.07) is 0. The fraction of sp³-hybridized carbons (Fsp3) is 1.00. The van der Waals surface area contributed by atoms with Crippen molar-refractivity contribution < 1.29 is 19.8 Å². The highest BCUT2D eigenvalue weighted by atomic mass is 16.7. The van der Waals surface area contributed by atoms with E-state index in [1.165, 1.54) is 0 Å². The van der Waals surface area contributed by atoms with Gasteiger partial charge in [-0.15, -0.1) is 0 Å². The average molecular weight is 219 g/mol. The van der Waals surface area contributed by atoms with Gasteiger partial charge in [-0.2, -0.15) is 0 Å². The van der Waals surface area contributed by atoms with Crippen LogP contribution in [0.3, 0.4) is 0 Å². The molecule has 5 nitrogen and oxygen atoms in total. The predicted octanol–water partition coefficient (Wildman–Crippen LogP) is 0.649. The second-order valence-corrected chi connectivity index (χ2v) is 4.11. The maximum Gasteiger partial charge on any atom is 0.168 e. The molecular weight excluding hydrogens is 198 g/mol. The highest BCUT2D eigenvalue weighted by Gasteiger charge is 2.42. The van der Waals surface area contributed by atoms with Crippen molar-refractivity contribution >= 4 is 0 Å². The highest BCUT2D eigenvalue weighted by Crippen LogP contribution is 2.37. The van der Waals surface area contributed by atoms with E-state index in [0.717, 1.165) is 0 Å². The molecule has 1 aliphatic rings. The number of nitrogens with one attached hydrogen (secondary N) is 1. The van der Waals surface area contributed by atoms with E-state index in [-0.39, 0.29) is 6.54 Å². The lowest BCUT2D eigenvalue weighted by Gasteiger charge is -2.42. The first kappa shape index (κ1) is 12.9. The second kappa shape index (κ2) is 5.23. The SMILES string of the molecule is CCOC1(OC)CCC(O)(CNO)CC1. The molecule has 0 radical (unpaired) electrons. The van der Waals surface area contributed by atoms with Crippen LogP contribution in [-0.2, 0) is 9.47 Å². The number of hydrogen-bond donors (Lipinski definition) is 3. The second-order valence-electron chi connectivity index (χ2n) is 4.11. The van der Waals surface area contributed by atoms with E-state index >= 15 is 0 Å². The molecule has 0 aliphatic heterocycles. The molecule has 0 amide bonds. The summed E-state index contributed by atoms with van der Waals surface area (Å²) in [7, 11) is 1.63. The summed E-state index contributed by atoms with van der Waals surface area (Å²) in [5, 5.41) is 18.6. The van der Waals surface area contributed by atoms with Crippen LogP contribution in [0.15, 0.2) is 0 Å². The van der Waals surface area contributed by atoms with E-state index in [9.17, 15) is 5.11 Å². The lowest BCUT2D eigenvalue weighted by atomic mass is 9.81. The van der Waals surface area contributed by atoms with E-state index < -0.39 is 11.4 Å². The molecule has 0 aromatic heterocycles. The van der Waals surface area contributed by atoms with Crippen molar-refractivity contribution in [1.82, 2.24) is 5.48 Å². The molecule has 0 aromatic rings. The molecule has 3 N–H and O–H groups in total. The van der Waals surface area contributed by atoms with Crippen molar-refractivity contribution in [2.75, 3.05) is 20.3 Å². The minimum absolute atomic E-state index is 0.193. The van der Waals surface area contributed by atoms with Gasteiger partial charge in [-0.25, -0.2) is 5.48 Å². The molecule has 5 heteroatoms. The molecule has 0 heterocycles. The van der Waals surface area contributed by atoms with Gasteiger partial charge < -0.3 is 19.8 Å². The summed E-state index contributed by atoms with van der Waals surface area (Å²) in [6.07, 6.45) is 2.42. The Morgan fingerprint density at radius 2 is 1.87 bits per heavy atom. The molecule has 1 rings (SSSR count). The first-order valence-corrected chi connectivity index (χ1v) is 5.38. The van der Waals surface area contributed by atoms with Gasteiger partial charge in [0.05, 0.1) is 5.60 Å². The molecule has 0 spiro atoms. The van der Waals surface area contributed by atoms with Crippen LogP contribution in [0.1, 0.15) is 32.6 Å². The lowest BCUT2D eigenvalue weighted by Crippen LogP contribution is -2.49. The minimum atomic E-state index is -0.839. The molecule has 90 valence electrons. The van der Waals surface area contributed by atoms with Crippen LogP contribution in [0.4, 0.5) is 0 Å². The summed E-state index contributed by atoms with van der Waals surface area (Å²) in [5.41, 5.74) is 1.18. The van der Waals surface area contributed by atoms with E-state index in [2.05, 4.69) is 0 Å². The topological polar surface area (TPSA) is 71.0 Å². The Bertz CT molecular complexity index is 190. The summed E-state index contributed by atoms with van der Waals surface area (Å²) in [4.78, 5) is 0. The molecule has 0 unspecified atom stereocenters. The average Bonchev–Trinajstić information content (AvgIpc) is 2.23. The van der Waals surface area contributed by atoms with Crippen molar-refractivity contribution in [3.05, 3.63) is 0 Å². The van der Waals surface area contributed by atoms with Crippen molar-refractivity contribution in [2.24, 2.45) is 0 Å². The smallest absolute Gasteiger partial charge is 0.168 e. The third-order valence-corrected chi connectivity index (χ3v) is 3.13. The molecule has 0 atom stereocenters. The number of rotatable bonds is 5. The number of methoxy groups -OCH3 is 1. The first-order chi connectivity index (χ1) is 7.10. The summed E-state index contributed by atoms with van der Waals surface area (Å²) in [6.45, 7) is 2.72. The molecule has 1 saturated carbocycles. The summed E-state index contributed by atoms with van der Waals surface area (Å²) in [5.74, 6) is -0.545. The maximum atomic E-state index is 10.0. The zero-order valence-electron chi connectivity index (χ0n) is 9.45. The quantitative estimate of drug-likeness (QED) is 0.468. The largest absolute Gasteiger partial charge is 0.388 e. The van der Waals surface area contributed by atoms with E-state index in [0.29, 0.717) is 32.3 Å². The lowest BCUT2D eigenvalue weighted by molar-refractivity contribution is -0.253. The standard InChI is InChI=1S/C10H21NO4/c1-3-15-10(14-2)6-4-9(12,5-7-10)8-11-13/h11-13H,3-8H2,1-2H3. The van der Waals surface area contributed by atoms with Crippen LogP contribution in [0.25, 0.3) is 0 Å². The normalized spacial score (nSPS) is 36.8. The minimum Gasteiger partial charge on any atom is -0.388 e. The van der Waals surface area contributed by atoms with Crippen LogP contribution in [-0.4, -0.2) is 42.0 Å². The molecule has 1 aliphatic carbocycles. The van der Waals surface area contributed by atoms with Crippen LogP contribution in [0.5, 0.6) is 0 Å². The van der Waals surface area contributed by atoms with Crippen LogP contribution in [0, 0.1) is 0 Å². The highest BCUT2D eigenvalue weighted by molar-refractivity contribution is 4.90. The third kappa shape index (κ3) is 3.12. The fourth-order valence-corrected chi connectivity index (χ4v) is 2.09. The Morgan fingerprint density at radius 3 is 2.27 bits per heavy atom. The summed E-state index contributed by atoms with van der Waals surface area (Å²) >= 11 is 0.